The summed E-state index contributed by atoms with van der Waals surface area (Å²) in [7, 11) is -3.57. The Kier molecular flexibility index (Phi) is 10.2. The van der Waals surface area contributed by atoms with E-state index in [-0.39, 0.29) is 13.5 Å². The Balaban J connectivity index is 0.00000370. The first-order valence-electron chi connectivity index (χ1n) is 14.4. The lowest BCUT2D eigenvalue weighted by molar-refractivity contribution is 0.284. The van der Waals surface area contributed by atoms with E-state index in [1.54, 1.807) is 12.1 Å². The van der Waals surface area contributed by atoms with Crippen molar-refractivity contribution in [1.29, 1.82) is 0 Å². The molecule has 0 bridgehead atoms. The third-order valence-electron chi connectivity index (χ3n) is 7.80. The van der Waals surface area contributed by atoms with Crippen molar-refractivity contribution in [3.8, 4) is 0 Å². The molecular formula is C30H45N7O2S. The molecule has 1 aliphatic heterocycles. The van der Waals surface area contributed by atoms with E-state index in [1.807, 2.05) is 30.3 Å². The van der Waals surface area contributed by atoms with Gasteiger partial charge >= 0.3 is 0 Å². The first kappa shape index (κ1) is 30.0. The molecule has 0 spiro atoms. The van der Waals surface area contributed by atoms with Gasteiger partial charge < -0.3 is 15.5 Å². The Bertz CT molecular complexity index is 1350. The minimum atomic E-state index is -3.57. The topological polar surface area (TPSA) is 112 Å². The molecule has 2 aromatic carbocycles. The minimum Gasteiger partial charge on any atom is -0.354 e. The first-order chi connectivity index (χ1) is 18.9. The number of aromatic nitrogens is 3. The van der Waals surface area contributed by atoms with Gasteiger partial charge in [-0.3, -0.25) is 0 Å². The average molecular weight is 568 g/mol. The third-order valence-corrected chi connectivity index (χ3v) is 9.28. The van der Waals surface area contributed by atoms with Gasteiger partial charge in [-0.15, -0.1) is 0 Å². The zero-order valence-corrected chi connectivity index (χ0v) is 23.9. The fraction of sp³-hybridized carbons (Fsp3) is 0.567. The molecule has 3 N–H and O–H groups in total. The summed E-state index contributed by atoms with van der Waals surface area (Å²) in [6.45, 7) is 7.41. The van der Waals surface area contributed by atoms with Crippen LogP contribution >= 0.6 is 0 Å². The number of benzene rings is 2. The highest BCUT2D eigenvalue weighted by atomic mass is 32.2. The van der Waals surface area contributed by atoms with Gasteiger partial charge in [0.1, 0.15) is 0 Å². The molecule has 3 aromatic rings. The summed E-state index contributed by atoms with van der Waals surface area (Å²) in [5, 5.41) is 8.50. The van der Waals surface area contributed by atoms with Gasteiger partial charge in [0, 0.05) is 37.6 Å². The van der Waals surface area contributed by atoms with Crippen molar-refractivity contribution in [3.63, 3.8) is 0 Å². The van der Waals surface area contributed by atoms with Crippen LogP contribution in [0.15, 0.2) is 47.4 Å². The fourth-order valence-corrected chi connectivity index (χ4v) is 6.96. The quantitative estimate of drug-likeness (QED) is 0.287. The number of fused-ring (bicyclic) bond motifs is 1. The summed E-state index contributed by atoms with van der Waals surface area (Å²) >= 11 is 0. The summed E-state index contributed by atoms with van der Waals surface area (Å²) in [4.78, 5) is 16.7. The Hall–Kier alpha value is -2.98. The highest BCUT2D eigenvalue weighted by Gasteiger charge is 2.25. The Morgan fingerprint density at radius 3 is 2.23 bits per heavy atom. The second-order valence-electron chi connectivity index (χ2n) is 11.2. The fourth-order valence-electron chi connectivity index (χ4n) is 5.61. The Labute approximate surface area is 239 Å². The molecule has 2 heterocycles. The van der Waals surface area contributed by atoms with E-state index in [4.69, 9.17) is 4.98 Å². The molecule has 9 nitrogen and oxygen atoms in total. The molecule has 40 heavy (non-hydrogen) atoms. The van der Waals surface area contributed by atoms with E-state index in [0.29, 0.717) is 35.2 Å². The van der Waals surface area contributed by atoms with E-state index < -0.39 is 10.0 Å². The van der Waals surface area contributed by atoms with Crippen LogP contribution in [-0.2, 0) is 10.0 Å². The number of piperidine rings is 1. The summed E-state index contributed by atoms with van der Waals surface area (Å²) < 4.78 is 29.1. The van der Waals surface area contributed by atoms with Crippen LogP contribution in [0.5, 0.6) is 0 Å². The number of nitrogens with one attached hydrogen (secondary N) is 3. The van der Waals surface area contributed by atoms with Gasteiger partial charge in [-0.25, -0.2) is 13.1 Å². The summed E-state index contributed by atoms with van der Waals surface area (Å²) in [6.07, 6.45) is 7.70. The maximum absolute atomic E-state index is 13.1. The minimum absolute atomic E-state index is 0. The van der Waals surface area contributed by atoms with Gasteiger partial charge in [-0.05, 0) is 82.1 Å². The molecule has 1 saturated heterocycles. The largest absolute Gasteiger partial charge is 0.354 e. The third kappa shape index (κ3) is 7.60. The van der Waals surface area contributed by atoms with E-state index in [0.717, 1.165) is 62.0 Å². The highest BCUT2D eigenvalue weighted by Crippen LogP contribution is 2.30. The molecule has 2 fully saturated rings. The molecule has 1 aliphatic carbocycles. The van der Waals surface area contributed by atoms with Crippen LogP contribution in [0.3, 0.4) is 0 Å². The smallest absolute Gasteiger partial charge is 0.241 e. The SMILES string of the molecule is C.CC(C)Nc1nc(NCC2CCC(CNS(=O)(=O)c3cccc4ccccc34)CC2)nc(N2CCCCC2)n1. The lowest BCUT2D eigenvalue weighted by Crippen LogP contribution is -2.33. The van der Waals surface area contributed by atoms with Gasteiger partial charge in [0.15, 0.2) is 0 Å². The van der Waals surface area contributed by atoms with Crippen molar-refractivity contribution in [2.24, 2.45) is 11.8 Å². The van der Waals surface area contributed by atoms with Crippen LogP contribution in [0.1, 0.15) is 66.2 Å². The van der Waals surface area contributed by atoms with Crippen molar-refractivity contribution < 1.29 is 8.42 Å². The molecule has 5 rings (SSSR count). The monoisotopic (exact) mass is 567 g/mol. The highest BCUT2D eigenvalue weighted by molar-refractivity contribution is 7.89. The van der Waals surface area contributed by atoms with E-state index >= 15 is 0 Å². The molecule has 10 heteroatoms. The molecule has 1 aromatic heterocycles. The Morgan fingerprint density at radius 1 is 0.850 bits per heavy atom. The molecule has 1 saturated carbocycles. The van der Waals surface area contributed by atoms with Crippen LogP contribution in [0, 0.1) is 11.8 Å². The molecule has 0 unspecified atom stereocenters. The molecule has 0 amide bonds. The van der Waals surface area contributed by atoms with Crippen molar-refractivity contribution in [2.75, 3.05) is 41.7 Å². The average Bonchev–Trinajstić information content (AvgIpc) is 2.95. The van der Waals surface area contributed by atoms with Crippen molar-refractivity contribution >= 4 is 38.6 Å². The van der Waals surface area contributed by atoms with Crippen LogP contribution in [0.4, 0.5) is 17.8 Å². The first-order valence-corrected chi connectivity index (χ1v) is 15.8. The van der Waals surface area contributed by atoms with E-state index in [9.17, 15) is 8.42 Å². The normalized spacial score (nSPS) is 19.8. The number of nitrogens with zero attached hydrogens (tertiary/aromatic N) is 4. The zero-order valence-electron chi connectivity index (χ0n) is 23.1. The number of hydrogen-bond acceptors (Lipinski definition) is 8. The summed E-state index contributed by atoms with van der Waals surface area (Å²) in [6, 6.07) is 13.3. The number of sulfonamides is 1. The number of rotatable bonds is 10. The maximum Gasteiger partial charge on any atom is 0.241 e. The van der Waals surface area contributed by atoms with E-state index in [1.165, 1.54) is 19.3 Å². The predicted octanol–water partition coefficient (Wildman–Crippen LogP) is 5.67. The van der Waals surface area contributed by atoms with Gasteiger partial charge in [0.05, 0.1) is 4.90 Å². The summed E-state index contributed by atoms with van der Waals surface area (Å²) in [5.74, 6) is 2.84. The second kappa shape index (κ2) is 13.6. The lowest BCUT2D eigenvalue weighted by Gasteiger charge is -2.29. The lowest BCUT2D eigenvalue weighted by atomic mass is 9.82. The van der Waals surface area contributed by atoms with Crippen LogP contribution < -0.4 is 20.3 Å². The van der Waals surface area contributed by atoms with Crippen LogP contribution in [-0.4, -0.2) is 55.6 Å². The standard InChI is InChI=1S/C29H41N7O2S.CH4/c1-21(2)32-28-33-27(34-29(35-28)36-17-6-3-7-18-36)30-19-22-13-15-23(16-14-22)20-31-39(37,38)26-12-8-10-24-9-4-5-11-25(24)26;/h4-5,8-12,21-23,31H,3,6-7,13-20H2,1-2H3,(H2,30,32,33,34,35);1H4. The van der Waals surface area contributed by atoms with Crippen LogP contribution in [0.2, 0.25) is 0 Å². The number of anilines is 3. The second-order valence-corrected chi connectivity index (χ2v) is 13.0. The number of hydrogen-bond donors (Lipinski definition) is 3. The molecule has 218 valence electrons. The van der Waals surface area contributed by atoms with Crippen molar-refractivity contribution in [1.82, 2.24) is 19.7 Å². The van der Waals surface area contributed by atoms with Crippen LogP contribution in [0.25, 0.3) is 10.8 Å². The summed E-state index contributed by atoms with van der Waals surface area (Å²) in [5.41, 5.74) is 0. The molecular weight excluding hydrogens is 522 g/mol. The Morgan fingerprint density at radius 2 is 1.50 bits per heavy atom. The molecule has 0 atom stereocenters. The maximum atomic E-state index is 13.1. The van der Waals surface area contributed by atoms with Crippen molar-refractivity contribution in [3.05, 3.63) is 42.5 Å². The van der Waals surface area contributed by atoms with Gasteiger partial charge in [-0.1, -0.05) is 43.8 Å². The predicted molar refractivity (Wildman–Crippen MR) is 164 cm³/mol. The van der Waals surface area contributed by atoms with E-state index in [2.05, 4.69) is 44.1 Å². The zero-order chi connectivity index (χ0) is 27.2. The molecule has 2 aliphatic rings. The van der Waals surface area contributed by atoms with Crippen molar-refractivity contribution in [2.45, 2.75) is 77.2 Å². The van der Waals surface area contributed by atoms with Gasteiger partial charge in [-0.2, -0.15) is 15.0 Å². The van der Waals surface area contributed by atoms with Gasteiger partial charge in [0.25, 0.3) is 0 Å². The molecule has 0 radical (unpaired) electrons. The van der Waals surface area contributed by atoms with Gasteiger partial charge in [0.2, 0.25) is 27.9 Å².